The van der Waals surface area contributed by atoms with Gasteiger partial charge in [-0.25, -0.2) is 0 Å². The molecule has 2 aromatic heterocycles. The summed E-state index contributed by atoms with van der Waals surface area (Å²) in [6.45, 7) is 6.78. The van der Waals surface area contributed by atoms with Crippen LogP contribution < -0.4 is 0 Å². The highest BCUT2D eigenvalue weighted by Gasteiger charge is 2.29. The third-order valence-corrected chi connectivity index (χ3v) is 5.29. The van der Waals surface area contributed by atoms with Gasteiger partial charge in [-0.05, 0) is 50.0 Å². The Balaban J connectivity index is 1.35. The fraction of sp³-hybridized carbons (Fsp3) is 0.684. The maximum Gasteiger partial charge on any atom is 0.274 e. The largest absolute Gasteiger partial charge is 0.337 e. The molecule has 0 bridgehead atoms. The van der Waals surface area contributed by atoms with Gasteiger partial charge in [0.15, 0.2) is 0 Å². The van der Waals surface area contributed by atoms with Crippen molar-refractivity contribution in [3.63, 3.8) is 0 Å². The van der Waals surface area contributed by atoms with E-state index in [0.717, 1.165) is 50.3 Å². The highest BCUT2D eigenvalue weighted by Crippen LogP contribution is 2.39. The molecule has 26 heavy (non-hydrogen) atoms. The number of nitrogens with one attached hydrogen (secondary N) is 1. The highest BCUT2D eigenvalue weighted by molar-refractivity contribution is 5.92. The standard InChI is InChI=1S/C19H28N6O/c1-13(2)8-16-12-25(23-20-16)11-14-4-3-7-24(10-14)19(26)18-9-17(21-22-18)15-5-6-15/h9,12-15H,3-8,10-11H2,1-2H3,(H,21,22)/t14-/m0/s1. The lowest BCUT2D eigenvalue weighted by Gasteiger charge is -2.32. The number of piperidine rings is 1. The van der Waals surface area contributed by atoms with E-state index in [9.17, 15) is 4.79 Å². The van der Waals surface area contributed by atoms with Crippen LogP contribution in [0, 0.1) is 11.8 Å². The number of carbonyl (C=O) groups excluding carboxylic acids is 1. The average molecular weight is 356 g/mol. The summed E-state index contributed by atoms with van der Waals surface area (Å²) in [6, 6.07) is 1.94. The Kier molecular flexibility index (Phi) is 4.78. The summed E-state index contributed by atoms with van der Waals surface area (Å²) in [5.74, 6) is 1.64. The van der Waals surface area contributed by atoms with E-state index < -0.39 is 0 Å². The van der Waals surface area contributed by atoms with Crippen LogP contribution in [0.5, 0.6) is 0 Å². The molecule has 7 nitrogen and oxygen atoms in total. The Morgan fingerprint density at radius 1 is 1.35 bits per heavy atom. The molecule has 4 rings (SSSR count). The summed E-state index contributed by atoms with van der Waals surface area (Å²) in [6.07, 6.45) is 7.58. The van der Waals surface area contributed by atoms with Gasteiger partial charge >= 0.3 is 0 Å². The minimum absolute atomic E-state index is 0.0527. The minimum Gasteiger partial charge on any atom is -0.337 e. The molecule has 1 N–H and O–H groups in total. The average Bonchev–Trinajstić information content (AvgIpc) is 3.19. The first-order chi connectivity index (χ1) is 12.6. The van der Waals surface area contributed by atoms with E-state index in [2.05, 4.69) is 40.6 Å². The number of aromatic nitrogens is 5. The number of likely N-dealkylation sites (tertiary alicyclic amines) is 1. The molecule has 1 aliphatic carbocycles. The third kappa shape index (κ3) is 3.97. The van der Waals surface area contributed by atoms with E-state index >= 15 is 0 Å². The van der Waals surface area contributed by atoms with E-state index in [4.69, 9.17) is 0 Å². The summed E-state index contributed by atoms with van der Waals surface area (Å²) in [7, 11) is 0. The van der Waals surface area contributed by atoms with E-state index in [1.54, 1.807) is 0 Å². The van der Waals surface area contributed by atoms with Gasteiger partial charge in [-0.2, -0.15) is 5.10 Å². The van der Waals surface area contributed by atoms with Crippen molar-refractivity contribution in [1.29, 1.82) is 0 Å². The van der Waals surface area contributed by atoms with Crippen LogP contribution in [0.15, 0.2) is 12.3 Å². The molecule has 2 fully saturated rings. The number of rotatable bonds is 6. The van der Waals surface area contributed by atoms with Crippen molar-refractivity contribution in [2.24, 2.45) is 11.8 Å². The zero-order valence-electron chi connectivity index (χ0n) is 15.7. The van der Waals surface area contributed by atoms with Gasteiger partial charge in [0.1, 0.15) is 5.69 Å². The smallest absolute Gasteiger partial charge is 0.274 e. The molecule has 1 saturated carbocycles. The Morgan fingerprint density at radius 2 is 2.19 bits per heavy atom. The number of amides is 1. The first kappa shape index (κ1) is 17.2. The molecule has 0 radical (unpaired) electrons. The monoisotopic (exact) mass is 356 g/mol. The minimum atomic E-state index is 0.0527. The van der Waals surface area contributed by atoms with Crippen LogP contribution in [0.25, 0.3) is 0 Å². The number of aromatic amines is 1. The summed E-state index contributed by atoms with van der Waals surface area (Å²) < 4.78 is 1.94. The molecule has 3 heterocycles. The second-order valence-corrected chi connectivity index (χ2v) is 8.27. The number of nitrogens with zero attached hydrogens (tertiary/aromatic N) is 5. The number of carbonyl (C=O) groups is 1. The topological polar surface area (TPSA) is 79.7 Å². The molecule has 2 aromatic rings. The highest BCUT2D eigenvalue weighted by atomic mass is 16.2. The predicted molar refractivity (Wildman–Crippen MR) is 97.8 cm³/mol. The zero-order valence-corrected chi connectivity index (χ0v) is 15.7. The van der Waals surface area contributed by atoms with Gasteiger partial charge in [0.05, 0.1) is 5.69 Å². The van der Waals surface area contributed by atoms with Crippen LogP contribution in [0.3, 0.4) is 0 Å². The summed E-state index contributed by atoms with van der Waals surface area (Å²) in [4.78, 5) is 14.7. The maximum atomic E-state index is 12.8. The van der Waals surface area contributed by atoms with Gasteiger partial charge in [-0.15, -0.1) is 5.10 Å². The van der Waals surface area contributed by atoms with Crippen LogP contribution in [0.2, 0.25) is 0 Å². The first-order valence-corrected chi connectivity index (χ1v) is 9.82. The Hall–Kier alpha value is -2.18. The van der Waals surface area contributed by atoms with Gasteiger partial charge in [-0.1, -0.05) is 19.1 Å². The van der Waals surface area contributed by atoms with Gasteiger partial charge in [0.25, 0.3) is 5.91 Å². The lowest BCUT2D eigenvalue weighted by Crippen LogP contribution is -2.41. The molecule has 0 spiro atoms. The van der Waals surface area contributed by atoms with Crippen molar-refractivity contribution in [2.75, 3.05) is 13.1 Å². The van der Waals surface area contributed by atoms with E-state index in [0.29, 0.717) is 23.4 Å². The van der Waals surface area contributed by atoms with Crippen molar-refractivity contribution < 1.29 is 4.79 Å². The van der Waals surface area contributed by atoms with Gasteiger partial charge < -0.3 is 4.90 Å². The van der Waals surface area contributed by atoms with Crippen LogP contribution >= 0.6 is 0 Å². The molecule has 140 valence electrons. The molecule has 7 heteroatoms. The summed E-state index contributed by atoms with van der Waals surface area (Å²) >= 11 is 0. The molecule has 0 unspecified atom stereocenters. The molecular weight excluding hydrogens is 328 g/mol. The third-order valence-electron chi connectivity index (χ3n) is 5.29. The quantitative estimate of drug-likeness (QED) is 0.863. The number of hydrogen-bond donors (Lipinski definition) is 1. The first-order valence-electron chi connectivity index (χ1n) is 9.82. The van der Waals surface area contributed by atoms with Crippen molar-refractivity contribution in [3.8, 4) is 0 Å². The molecule has 1 atom stereocenters. The summed E-state index contributed by atoms with van der Waals surface area (Å²) in [5, 5.41) is 15.8. The molecular formula is C19H28N6O. The fourth-order valence-electron chi connectivity index (χ4n) is 3.81. The number of hydrogen-bond acceptors (Lipinski definition) is 4. The van der Waals surface area contributed by atoms with E-state index in [-0.39, 0.29) is 5.91 Å². The van der Waals surface area contributed by atoms with Crippen molar-refractivity contribution in [3.05, 3.63) is 29.3 Å². The molecule has 1 aliphatic heterocycles. The Labute approximate surface area is 154 Å². The number of H-pyrrole nitrogens is 1. The lowest BCUT2D eigenvalue weighted by atomic mass is 9.97. The molecule has 0 aromatic carbocycles. The van der Waals surface area contributed by atoms with Gasteiger partial charge in [0.2, 0.25) is 0 Å². The molecule has 1 saturated heterocycles. The Morgan fingerprint density at radius 3 is 2.96 bits per heavy atom. The summed E-state index contributed by atoms with van der Waals surface area (Å²) in [5.41, 5.74) is 2.72. The van der Waals surface area contributed by atoms with Crippen molar-refractivity contribution >= 4 is 5.91 Å². The predicted octanol–water partition coefficient (Wildman–Crippen LogP) is 2.63. The van der Waals surface area contributed by atoms with Crippen LogP contribution in [-0.4, -0.2) is 49.1 Å². The SMILES string of the molecule is CC(C)Cc1cn(C[C@H]2CCCN(C(=O)c3cc(C4CC4)[nH]n3)C2)nn1. The fourth-order valence-corrected chi connectivity index (χ4v) is 3.81. The lowest BCUT2D eigenvalue weighted by molar-refractivity contribution is 0.0653. The Bertz CT molecular complexity index is 760. The van der Waals surface area contributed by atoms with Crippen molar-refractivity contribution in [1.82, 2.24) is 30.1 Å². The zero-order chi connectivity index (χ0) is 18.1. The van der Waals surface area contributed by atoms with Gasteiger partial charge in [-0.3, -0.25) is 14.6 Å². The molecule has 1 amide bonds. The van der Waals surface area contributed by atoms with Crippen LogP contribution in [0.1, 0.15) is 67.3 Å². The van der Waals surface area contributed by atoms with Crippen LogP contribution in [-0.2, 0) is 13.0 Å². The maximum absolute atomic E-state index is 12.8. The van der Waals surface area contributed by atoms with E-state index in [1.165, 1.54) is 12.8 Å². The van der Waals surface area contributed by atoms with Gasteiger partial charge in [0, 0.05) is 37.4 Å². The van der Waals surface area contributed by atoms with E-state index in [1.807, 2.05) is 15.6 Å². The second kappa shape index (κ2) is 7.21. The second-order valence-electron chi connectivity index (χ2n) is 8.27. The normalized spacial score (nSPS) is 20.7. The van der Waals surface area contributed by atoms with Crippen molar-refractivity contribution in [2.45, 2.75) is 58.4 Å². The van der Waals surface area contributed by atoms with Crippen LogP contribution in [0.4, 0.5) is 0 Å². The molecule has 2 aliphatic rings.